The second-order valence-electron chi connectivity index (χ2n) is 6.12. The molecule has 2 N–H and O–H groups in total. The van der Waals surface area contributed by atoms with Crippen LogP contribution in [0, 0.1) is 5.82 Å². The third-order valence-electron chi connectivity index (χ3n) is 4.35. The number of urea groups is 1. The molecule has 3 rings (SSSR count). The average Bonchev–Trinajstić information content (AvgIpc) is 2.70. The van der Waals surface area contributed by atoms with Gasteiger partial charge in [-0.1, -0.05) is 12.1 Å². The zero-order chi connectivity index (χ0) is 19.2. The summed E-state index contributed by atoms with van der Waals surface area (Å²) < 4.78 is 13.9. The number of para-hydroxylation sites is 1. The van der Waals surface area contributed by atoms with Crippen LogP contribution < -0.4 is 10.6 Å². The number of hydrogen-bond acceptors (Lipinski definition) is 4. The number of pyridine rings is 1. The number of rotatable bonds is 4. The second kappa shape index (κ2) is 8.48. The molecule has 0 bridgehead atoms. The van der Waals surface area contributed by atoms with Crippen LogP contribution in [0.3, 0.4) is 0 Å². The van der Waals surface area contributed by atoms with Crippen LogP contribution >= 0.6 is 0 Å². The molecule has 7 nitrogen and oxygen atoms in total. The van der Waals surface area contributed by atoms with Gasteiger partial charge in [-0.3, -0.25) is 4.79 Å². The minimum Gasteiger partial charge on any atom is -0.338 e. The maximum Gasteiger partial charge on any atom is 0.317 e. The lowest BCUT2D eigenvalue weighted by molar-refractivity contribution is 0.0666. The van der Waals surface area contributed by atoms with E-state index in [9.17, 15) is 14.0 Å². The first-order valence-electron chi connectivity index (χ1n) is 8.88. The molecule has 0 saturated carbocycles. The summed E-state index contributed by atoms with van der Waals surface area (Å²) in [6.45, 7) is 4.23. The molecule has 0 radical (unpaired) electrons. The van der Waals surface area contributed by atoms with Crippen LogP contribution in [-0.4, -0.2) is 59.4 Å². The molecule has 8 heteroatoms. The smallest absolute Gasteiger partial charge is 0.317 e. The van der Waals surface area contributed by atoms with Crippen LogP contribution in [0.2, 0.25) is 0 Å². The fraction of sp³-hybridized carbons (Fsp3) is 0.316. The van der Waals surface area contributed by atoms with E-state index >= 15 is 0 Å². The molecule has 0 aliphatic carbocycles. The minimum absolute atomic E-state index is 0.118. The van der Waals surface area contributed by atoms with E-state index in [-0.39, 0.29) is 17.6 Å². The fourth-order valence-corrected chi connectivity index (χ4v) is 2.91. The number of aromatic nitrogens is 1. The van der Waals surface area contributed by atoms with Crippen LogP contribution in [0.4, 0.5) is 20.7 Å². The van der Waals surface area contributed by atoms with Gasteiger partial charge in [-0.2, -0.15) is 0 Å². The number of carbonyl (C=O) groups excluding carboxylic acids is 2. The third kappa shape index (κ3) is 4.33. The third-order valence-corrected chi connectivity index (χ3v) is 4.35. The van der Waals surface area contributed by atoms with Gasteiger partial charge in [-0.05, 0) is 31.2 Å². The molecule has 27 heavy (non-hydrogen) atoms. The highest BCUT2D eigenvalue weighted by Crippen LogP contribution is 2.22. The zero-order valence-corrected chi connectivity index (χ0v) is 15.1. The fourth-order valence-electron chi connectivity index (χ4n) is 2.91. The summed E-state index contributed by atoms with van der Waals surface area (Å²) in [6.07, 6.45) is 1.55. The van der Waals surface area contributed by atoms with Crippen molar-refractivity contribution in [3.63, 3.8) is 0 Å². The van der Waals surface area contributed by atoms with Crippen molar-refractivity contribution in [1.29, 1.82) is 0 Å². The molecule has 1 aliphatic rings. The van der Waals surface area contributed by atoms with Gasteiger partial charge in [0.1, 0.15) is 11.6 Å². The monoisotopic (exact) mass is 371 g/mol. The average molecular weight is 371 g/mol. The van der Waals surface area contributed by atoms with Crippen molar-refractivity contribution in [1.82, 2.24) is 20.1 Å². The Bertz CT molecular complexity index is 821. The Morgan fingerprint density at radius 2 is 1.78 bits per heavy atom. The molecule has 1 aromatic heterocycles. The van der Waals surface area contributed by atoms with Crippen molar-refractivity contribution in [3.8, 4) is 0 Å². The van der Waals surface area contributed by atoms with Gasteiger partial charge in [0.2, 0.25) is 0 Å². The van der Waals surface area contributed by atoms with Gasteiger partial charge < -0.3 is 20.4 Å². The largest absolute Gasteiger partial charge is 0.338 e. The summed E-state index contributed by atoms with van der Waals surface area (Å²) in [5.74, 6) is -0.312. The van der Waals surface area contributed by atoms with Gasteiger partial charge in [-0.15, -0.1) is 0 Å². The van der Waals surface area contributed by atoms with E-state index in [0.717, 1.165) is 0 Å². The zero-order valence-electron chi connectivity index (χ0n) is 15.1. The Morgan fingerprint density at radius 3 is 2.48 bits per heavy atom. The van der Waals surface area contributed by atoms with E-state index < -0.39 is 5.82 Å². The molecule has 1 fully saturated rings. The number of halogens is 1. The predicted molar refractivity (Wildman–Crippen MR) is 100 cm³/mol. The molecule has 142 valence electrons. The predicted octanol–water partition coefficient (Wildman–Crippen LogP) is 2.45. The molecule has 1 saturated heterocycles. The number of amides is 3. The molecule has 0 unspecified atom stereocenters. The summed E-state index contributed by atoms with van der Waals surface area (Å²) in [7, 11) is 0. The Morgan fingerprint density at radius 1 is 1.07 bits per heavy atom. The normalized spacial score (nSPS) is 14.0. The summed E-state index contributed by atoms with van der Waals surface area (Å²) in [5.41, 5.74) is 0.624. The molecule has 3 amide bonds. The Labute approximate surface area is 157 Å². The molecule has 2 heterocycles. The number of carbonyl (C=O) groups is 2. The first kappa shape index (κ1) is 18.6. The molecule has 0 spiro atoms. The van der Waals surface area contributed by atoms with E-state index in [2.05, 4.69) is 15.6 Å². The second-order valence-corrected chi connectivity index (χ2v) is 6.12. The lowest BCUT2D eigenvalue weighted by Crippen LogP contribution is -2.53. The van der Waals surface area contributed by atoms with Crippen LogP contribution in [0.1, 0.15) is 17.3 Å². The Kier molecular flexibility index (Phi) is 5.85. The van der Waals surface area contributed by atoms with E-state index in [4.69, 9.17) is 0 Å². The van der Waals surface area contributed by atoms with Gasteiger partial charge >= 0.3 is 6.03 Å². The van der Waals surface area contributed by atoms with Crippen LogP contribution in [0.25, 0.3) is 0 Å². The highest BCUT2D eigenvalue weighted by molar-refractivity contribution is 5.99. The van der Waals surface area contributed by atoms with Crippen molar-refractivity contribution in [2.24, 2.45) is 0 Å². The molecular weight excluding hydrogens is 349 g/mol. The molecular formula is C19H22FN5O2. The Balaban J connectivity index is 1.71. The Hall–Kier alpha value is -3.16. The van der Waals surface area contributed by atoms with E-state index in [1.807, 2.05) is 6.92 Å². The lowest BCUT2D eigenvalue weighted by Gasteiger charge is -2.34. The van der Waals surface area contributed by atoms with E-state index in [1.165, 1.54) is 6.07 Å². The number of nitrogens with one attached hydrogen (secondary N) is 2. The minimum atomic E-state index is -0.419. The molecule has 1 aromatic carbocycles. The summed E-state index contributed by atoms with van der Waals surface area (Å²) in [5, 5.41) is 5.66. The number of nitrogens with zero attached hydrogens (tertiary/aromatic N) is 3. The highest BCUT2D eigenvalue weighted by Gasteiger charge is 2.26. The van der Waals surface area contributed by atoms with Crippen molar-refractivity contribution in [3.05, 3.63) is 54.0 Å². The van der Waals surface area contributed by atoms with Crippen LogP contribution in [-0.2, 0) is 0 Å². The molecule has 1 aliphatic heterocycles. The number of piperazine rings is 1. The number of benzene rings is 1. The first-order valence-corrected chi connectivity index (χ1v) is 8.88. The summed E-state index contributed by atoms with van der Waals surface area (Å²) in [4.78, 5) is 32.4. The maximum atomic E-state index is 13.9. The molecule has 2 aromatic rings. The van der Waals surface area contributed by atoms with Crippen molar-refractivity contribution < 1.29 is 14.0 Å². The SMILES string of the molecule is CCNC(=O)N1CCN(C(=O)c2cccnc2Nc2ccccc2F)CC1. The lowest BCUT2D eigenvalue weighted by atomic mass is 10.2. The van der Waals surface area contributed by atoms with Gasteiger partial charge in [0.15, 0.2) is 0 Å². The number of anilines is 2. The topological polar surface area (TPSA) is 77.6 Å². The highest BCUT2D eigenvalue weighted by atomic mass is 19.1. The van der Waals surface area contributed by atoms with Crippen molar-refractivity contribution >= 4 is 23.4 Å². The maximum absolute atomic E-state index is 13.9. The van der Waals surface area contributed by atoms with Gasteiger partial charge in [0, 0.05) is 38.9 Å². The van der Waals surface area contributed by atoms with E-state index in [1.54, 1.807) is 46.3 Å². The van der Waals surface area contributed by atoms with Crippen LogP contribution in [0.15, 0.2) is 42.6 Å². The van der Waals surface area contributed by atoms with Gasteiger partial charge in [0.05, 0.1) is 11.3 Å². The summed E-state index contributed by atoms with van der Waals surface area (Å²) in [6, 6.07) is 9.44. The van der Waals surface area contributed by atoms with Crippen LogP contribution in [0.5, 0.6) is 0 Å². The first-order chi connectivity index (χ1) is 13.1. The van der Waals surface area contributed by atoms with Crippen molar-refractivity contribution in [2.75, 3.05) is 38.0 Å². The number of hydrogen-bond donors (Lipinski definition) is 2. The van der Waals surface area contributed by atoms with Crippen molar-refractivity contribution in [2.45, 2.75) is 6.92 Å². The van der Waals surface area contributed by atoms with Gasteiger partial charge in [-0.25, -0.2) is 14.2 Å². The standard InChI is InChI=1S/C19H22FN5O2/c1-2-21-19(27)25-12-10-24(11-13-25)18(26)14-6-5-9-22-17(14)23-16-8-4-3-7-15(16)20/h3-9H,2,10-13H2,1H3,(H,21,27)(H,22,23). The summed E-state index contributed by atoms with van der Waals surface area (Å²) >= 11 is 0. The quantitative estimate of drug-likeness (QED) is 0.866. The van der Waals surface area contributed by atoms with Gasteiger partial charge in [0.25, 0.3) is 5.91 Å². The molecule has 0 atom stereocenters. The van der Waals surface area contributed by atoms with E-state index in [0.29, 0.717) is 44.1 Å².